The van der Waals surface area contributed by atoms with Crippen LogP contribution in [-0.4, -0.2) is 58.9 Å². The molecule has 10 heteroatoms. The Hall–Kier alpha value is -2.59. The highest BCUT2D eigenvalue weighted by atomic mass is 32.2. The predicted molar refractivity (Wildman–Crippen MR) is 123 cm³/mol. The summed E-state index contributed by atoms with van der Waals surface area (Å²) in [5.41, 5.74) is 0.744. The highest BCUT2D eigenvalue weighted by Gasteiger charge is 2.33. The van der Waals surface area contributed by atoms with Crippen molar-refractivity contribution in [3.63, 3.8) is 0 Å². The molecule has 1 aromatic rings. The number of benzene rings is 1. The van der Waals surface area contributed by atoms with Crippen molar-refractivity contribution in [2.45, 2.75) is 32.7 Å². The van der Waals surface area contributed by atoms with Gasteiger partial charge in [0.25, 0.3) is 5.91 Å². The molecule has 0 saturated carbocycles. The number of hydrogen-bond donors (Lipinski definition) is 2. The second-order valence-electron chi connectivity index (χ2n) is 6.97. The summed E-state index contributed by atoms with van der Waals surface area (Å²) in [7, 11) is 3.07. The number of nitrogens with zero attached hydrogens (tertiary/aromatic N) is 1. The van der Waals surface area contributed by atoms with Gasteiger partial charge in [0.2, 0.25) is 5.91 Å². The number of carboxylic acids is 1. The zero-order valence-electron chi connectivity index (χ0n) is 17.8. The maximum Gasteiger partial charge on any atom is 0.326 e. The number of methoxy groups -OCH3 is 2. The molecular formula is C21H26N2O6S2. The largest absolute Gasteiger partial charge is 0.493 e. The first-order valence-corrected chi connectivity index (χ1v) is 10.9. The van der Waals surface area contributed by atoms with Gasteiger partial charge < -0.3 is 19.9 Å². The van der Waals surface area contributed by atoms with Crippen LogP contribution in [0.3, 0.4) is 0 Å². The second kappa shape index (κ2) is 11.1. The molecular weight excluding hydrogens is 440 g/mol. The van der Waals surface area contributed by atoms with Crippen molar-refractivity contribution in [3.8, 4) is 11.5 Å². The van der Waals surface area contributed by atoms with Gasteiger partial charge in [-0.05, 0) is 29.7 Å². The van der Waals surface area contributed by atoms with Crippen LogP contribution in [0.5, 0.6) is 11.5 Å². The van der Waals surface area contributed by atoms with Crippen molar-refractivity contribution < 1.29 is 29.0 Å². The van der Waals surface area contributed by atoms with E-state index in [0.717, 1.165) is 17.3 Å². The monoisotopic (exact) mass is 466 g/mol. The molecule has 1 aliphatic rings. The van der Waals surface area contributed by atoms with E-state index in [1.165, 1.54) is 12.0 Å². The molecule has 0 spiro atoms. The van der Waals surface area contributed by atoms with Crippen LogP contribution in [0.1, 0.15) is 32.3 Å². The fourth-order valence-electron chi connectivity index (χ4n) is 2.93. The van der Waals surface area contributed by atoms with Crippen LogP contribution in [0.2, 0.25) is 0 Å². The molecule has 0 aromatic heterocycles. The standard InChI is InChI=1S/C21H26N2O6S2/c1-5-12(2)18(20(26)27)22-17(24)8-9-23-19(25)16(31-21(23)30)11-13-6-7-14(28-3)15(10-13)29-4/h6-7,10-12,18H,5,8-9H2,1-4H3,(H,22,24)(H,26,27)/b16-11+/t12-,18+/m1/s1. The molecule has 31 heavy (non-hydrogen) atoms. The molecule has 1 fully saturated rings. The SMILES string of the molecule is CC[C@@H](C)[C@H](NC(=O)CCN1C(=O)/C(=C\c2ccc(OC)c(OC)c2)SC1=S)C(=O)O. The van der Waals surface area contributed by atoms with Crippen LogP contribution < -0.4 is 14.8 Å². The molecule has 0 aliphatic carbocycles. The van der Waals surface area contributed by atoms with Gasteiger partial charge in [0.05, 0.1) is 19.1 Å². The fourth-order valence-corrected chi connectivity index (χ4v) is 4.24. The molecule has 1 saturated heterocycles. The van der Waals surface area contributed by atoms with Crippen molar-refractivity contribution in [1.82, 2.24) is 10.2 Å². The fraction of sp³-hybridized carbons (Fsp3) is 0.429. The minimum Gasteiger partial charge on any atom is -0.493 e. The molecule has 0 radical (unpaired) electrons. The third kappa shape index (κ3) is 6.20. The quantitative estimate of drug-likeness (QED) is 0.401. The number of aliphatic carboxylic acids is 1. The van der Waals surface area contributed by atoms with E-state index < -0.39 is 17.9 Å². The molecule has 1 aromatic carbocycles. The van der Waals surface area contributed by atoms with E-state index >= 15 is 0 Å². The number of amides is 2. The number of carboxylic acid groups (broad SMARTS) is 1. The van der Waals surface area contributed by atoms with Crippen LogP contribution in [0, 0.1) is 5.92 Å². The molecule has 2 amide bonds. The summed E-state index contributed by atoms with van der Waals surface area (Å²) < 4.78 is 10.8. The molecule has 8 nitrogen and oxygen atoms in total. The molecule has 1 aliphatic heterocycles. The number of rotatable bonds is 10. The number of carbonyl (C=O) groups excluding carboxylic acids is 2. The van der Waals surface area contributed by atoms with Gasteiger partial charge in [0.15, 0.2) is 11.5 Å². The lowest BCUT2D eigenvalue weighted by molar-refractivity contribution is -0.143. The van der Waals surface area contributed by atoms with Gasteiger partial charge in [0.1, 0.15) is 10.4 Å². The van der Waals surface area contributed by atoms with Crippen LogP contribution in [0.4, 0.5) is 0 Å². The highest BCUT2D eigenvalue weighted by Crippen LogP contribution is 2.34. The van der Waals surface area contributed by atoms with Gasteiger partial charge >= 0.3 is 5.97 Å². The first-order chi connectivity index (χ1) is 14.7. The zero-order valence-corrected chi connectivity index (χ0v) is 19.5. The zero-order chi connectivity index (χ0) is 23.1. The normalized spacial score (nSPS) is 16.9. The van der Waals surface area contributed by atoms with Gasteiger partial charge in [-0.2, -0.15) is 0 Å². The lowest BCUT2D eigenvalue weighted by atomic mass is 9.99. The Balaban J connectivity index is 2.04. The molecule has 2 rings (SSSR count). The van der Waals surface area contributed by atoms with Crippen molar-refractivity contribution >= 4 is 52.2 Å². The van der Waals surface area contributed by atoms with E-state index in [1.54, 1.807) is 38.3 Å². The summed E-state index contributed by atoms with van der Waals surface area (Å²) in [5, 5.41) is 11.8. The predicted octanol–water partition coefficient (Wildman–Crippen LogP) is 2.91. The topological polar surface area (TPSA) is 105 Å². The molecule has 2 N–H and O–H groups in total. The minimum absolute atomic E-state index is 0.0453. The van der Waals surface area contributed by atoms with E-state index in [9.17, 15) is 19.5 Å². The summed E-state index contributed by atoms with van der Waals surface area (Å²) >= 11 is 6.45. The number of thioether (sulfide) groups is 1. The van der Waals surface area contributed by atoms with E-state index in [4.69, 9.17) is 21.7 Å². The average molecular weight is 467 g/mol. The van der Waals surface area contributed by atoms with E-state index in [2.05, 4.69) is 5.32 Å². The van der Waals surface area contributed by atoms with Crippen LogP contribution in [0.15, 0.2) is 23.1 Å². The number of thiocarbonyl (C=S) groups is 1. The van der Waals surface area contributed by atoms with Crippen molar-refractivity contribution in [2.75, 3.05) is 20.8 Å². The van der Waals surface area contributed by atoms with Crippen LogP contribution >= 0.6 is 24.0 Å². The van der Waals surface area contributed by atoms with Crippen molar-refractivity contribution in [2.24, 2.45) is 5.92 Å². The van der Waals surface area contributed by atoms with Gasteiger partial charge in [-0.1, -0.05) is 50.3 Å². The van der Waals surface area contributed by atoms with E-state index in [1.807, 2.05) is 6.92 Å². The Morgan fingerprint density at radius 1 is 1.29 bits per heavy atom. The Kier molecular flexibility index (Phi) is 8.88. The summed E-state index contributed by atoms with van der Waals surface area (Å²) in [4.78, 5) is 38.2. The lowest BCUT2D eigenvalue weighted by Gasteiger charge is -2.21. The maximum atomic E-state index is 12.8. The minimum atomic E-state index is -1.08. The Bertz CT molecular complexity index is 902. The first kappa shape index (κ1) is 24.7. The van der Waals surface area contributed by atoms with Gasteiger partial charge in [-0.25, -0.2) is 4.79 Å². The van der Waals surface area contributed by atoms with Gasteiger partial charge in [-0.15, -0.1) is 0 Å². The highest BCUT2D eigenvalue weighted by molar-refractivity contribution is 8.26. The second-order valence-corrected chi connectivity index (χ2v) is 8.64. The Morgan fingerprint density at radius 2 is 1.97 bits per heavy atom. The van der Waals surface area contributed by atoms with E-state index in [-0.39, 0.29) is 24.8 Å². The number of ether oxygens (including phenoxy) is 2. The molecule has 168 valence electrons. The number of hydrogen-bond acceptors (Lipinski definition) is 7. The number of nitrogens with one attached hydrogen (secondary N) is 1. The average Bonchev–Trinajstić information content (AvgIpc) is 3.01. The summed E-state index contributed by atoms with van der Waals surface area (Å²) in [6.07, 6.45) is 2.27. The Morgan fingerprint density at radius 3 is 2.55 bits per heavy atom. The lowest BCUT2D eigenvalue weighted by Crippen LogP contribution is -2.46. The van der Waals surface area contributed by atoms with Gasteiger partial charge in [-0.3, -0.25) is 14.5 Å². The summed E-state index contributed by atoms with van der Waals surface area (Å²) in [6.45, 7) is 3.70. The number of carbonyl (C=O) groups is 3. The van der Waals surface area contributed by atoms with Crippen molar-refractivity contribution in [1.29, 1.82) is 0 Å². The van der Waals surface area contributed by atoms with E-state index in [0.29, 0.717) is 27.1 Å². The molecule has 1 heterocycles. The molecule has 0 bridgehead atoms. The molecule has 0 unspecified atom stereocenters. The maximum absolute atomic E-state index is 12.8. The summed E-state index contributed by atoms with van der Waals surface area (Å²) in [5.74, 6) is -0.901. The van der Waals surface area contributed by atoms with Gasteiger partial charge in [0, 0.05) is 13.0 Å². The third-order valence-corrected chi connectivity index (χ3v) is 6.31. The third-order valence-electron chi connectivity index (χ3n) is 4.94. The van der Waals surface area contributed by atoms with Crippen molar-refractivity contribution in [3.05, 3.63) is 28.7 Å². The summed E-state index contributed by atoms with van der Waals surface area (Å²) in [6, 6.07) is 4.32. The first-order valence-electron chi connectivity index (χ1n) is 9.71. The smallest absolute Gasteiger partial charge is 0.326 e. The van der Waals surface area contributed by atoms with Crippen LogP contribution in [0.25, 0.3) is 6.08 Å². The molecule has 2 atom stereocenters. The van der Waals surface area contributed by atoms with Crippen LogP contribution in [-0.2, 0) is 14.4 Å². The Labute approximate surface area is 191 Å².